The van der Waals surface area contributed by atoms with Gasteiger partial charge < -0.3 is 4.98 Å². The first-order chi connectivity index (χ1) is 14.1. The Morgan fingerprint density at radius 2 is 1.69 bits per heavy atom. The average Bonchev–Trinajstić information content (AvgIpc) is 3.17. The Bertz CT molecular complexity index is 1150. The van der Waals surface area contributed by atoms with Crippen molar-refractivity contribution in [1.29, 1.82) is 0 Å². The minimum atomic E-state index is -0.134. The van der Waals surface area contributed by atoms with Gasteiger partial charge in [-0.2, -0.15) is 5.10 Å². The lowest BCUT2D eigenvalue weighted by Gasteiger charge is -2.15. The van der Waals surface area contributed by atoms with E-state index >= 15 is 0 Å². The Balaban J connectivity index is 1.40. The first kappa shape index (κ1) is 18.8. The zero-order valence-electron chi connectivity index (χ0n) is 16.5. The molecule has 0 atom stereocenters. The van der Waals surface area contributed by atoms with E-state index in [0.717, 1.165) is 35.6 Å². The van der Waals surface area contributed by atoms with Crippen molar-refractivity contribution in [3.63, 3.8) is 0 Å². The summed E-state index contributed by atoms with van der Waals surface area (Å²) in [6.07, 6.45) is 0. The highest BCUT2D eigenvalue weighted by Gasteiger charge is 2.08. The number of aromatic amines is 2. The second-order valence-electron chi connectivity index (χ2n) is 7.25. The predicted molar refractivity (Wildman–Crippen MR) is 114 cm³/mol. The molecule has 0 radical (unpaired) electrons. The number of aromatic nitrogens is 4. The zero-order valence-corrected chi connectivity index (χ0v) is 16.5. The first-order valence-electron chi connectivity index (χ1n) is 9.52. The van der Waals surface area contributed by atoms with Crippen molar-refractivity contribution < 1.29 is 0 Å². The Labute approximate surface area is 169 Å². The predicted octanol–water partition coefficient (Wildman–Crippen LogP) is 3.77. The SMILES string of the molecule is Cc1cc(=O)[nH]c(-c2ccc(CN(C)Cc3cc(-c4ccccc4)n[nH]3)cc2)n1. The molecule has 146 valence electrons. The Kier molecular flexibility index (Phi) is 5.35. The normalized spacial score (nSPS) is 11.1. The fourth-order valence-corrected chi connectivity index (χ4v) is 3.34. The number of H-pyrrole nitrogens is 2. The summed E-state index contributed by atoms with van der Waals surface area (Å²) in [5, 5.41) is 7.55. The number of rotatable bonds is 6. The van der Waals surface area contributed by atoms with Crippen molar-refractivity contribution in [3.8, 4) is 22.6 Å². The number of nitrogens with zero attached hydrogens (tertiary/aromatic N) is 3. The molecule has 0 aliphatic carbocycles. The Hall–Kier alpha value is -3.51. The number of nitrogens with one attached hydrogen (secondary N) is 2. The summed E-state index contributed by atoms with van der Waals surface area (Å²) in [4.78, 5) is 21.1. The Morgan fingerprint density at radius 1 is 0.931 bits per heavy atom. The van der Waals surface area contributed by atoms with Gasteiger partial charge >= 0.3 is 0 Å². The highest BCUT2D eigenvalue weighted by Crippen LogP contribution is 2.19. The molecule has 4 aromatic rings. The molecule has 0 spiro atoms. The van der Waals surface area contributed by atoms with Gasteiger partial charge in [0, 0.05) is 41.7 Å². The van der Waals surface area contributed by atoms with E-state index in [4.69, 9.17) is 0 Å². The molecule has 2 aromatic carbocycles. The van der Waals surface area contributed by atoms with Gasteiger partial charge in [-0.1, -0.05) is 54.6 Å². The van der Waals surface area contributed by atoms with Crippen LogP contribution in [0.25, 0.3) is 22.6 Å². The van der Waals surface area contributed by atoms with Crippen LogP contribution < -0.4 is 5.56 Å². The molecule has 29 heavy (non-hydrogen) atoms. The molecule has 0 unspecified atom stereocenters. The van der Waals surface area contributed by atoms with Gasteiger partial charge in [-0.3, -0.25) is 14.8 Å². The van der Waals surface area contributed by atoms with Crippen LogP contribution in [0, 0.1) is 6.92 Å². The molecule has 2 N–H and O–H groups in total. The number of aryl methyl sites for hydroxylation is 1. The number of hydrogen-bond donors (Lipinski definition) is 2. The van der Waals surface area contributed by atoms with E-state index in [2.05, 4.69) is 62.4 Å². The average molecular weight is 385 g/mol. The Morgan fingerprint density at radius 3 is 2.41 bits per heavy atom. The minimum Gasteiger partial charge on any atom is -0.307 e. The summed E-state index contributed by atoms with van der Waals surface area (Å²) in [5.74, 6) is 0.598. The smallest absolute Gasteiger partial charge is 0.251 e. The lowest BCUT2D eigenvalue weighted by atomic mass is 10.1. The van der Waals surface area contributed by atoms with E-state index in [9.17, 15) is 4.79 Å². The molecule has 0 aliphatic rings. The van der Waals surface area contributed by atoms with Crippen LogP contribution in [0.4, 0.5) is 0 Å². The highest BCUT2D eigenvalue weighted by molar-refractivity contribution is 5.59. The standard InChI is InChI=1S/C23H23N5O/c1-16-12-22(29)25-23(24-16)19-10-8-17(9-11-19)14-28(2)15-20-13-21(27-26-20)18-6-4-3-5-7-18/h3-13H,14-15H2,1-2H3,(H,26,27)(H,24,25,29). The monoisotopic (exact) mass is 385 g/mol. The van der Waals surface area contributed by atoms with Gasteiger partial charge in [0.2, 0.25) is 0 Å². The van der Waals surface area contributed by atoms with Gasteiger partial charge in [-0.25, -0.2) is 4.98 Å². The third-order valence-electron chi connectivity index (χ3n) is 4.69. The molecular formula is C23H23N5O. The fourth-order valence-electron chi connectivity index (χ4n) is 3.34. The van der Waals surface area contributed by atoms with E-state index in [1.165, 1.54) is 11.6 Å². The number of hydrogen-bond acceptors (Lipinski definition) is 4. The van der Waals surface area contributed by atoms with Crippen molar-refractivity contribution in [2.24, 2.45) is 0 Å². The highest BCUT2D eigenvalue weighted by atomic mass is 16.1. The van der Waals surface area contributed by atoms with E-state index < -0.39 is 0 Å². The molecule has 6 heteroatoms. The van der Waals surface area contributed by atoms with Gasteiger partial charge in [-0.05, 0) is 25.6 Å². The molecular weight excluding hydrogens is 362 g/mol. The quantitative estimate of drug-likeness (QED) is 0.530. The maximum Gasteiger partial charge on any atom is 0.251 e. The summed E-state index contributed by atoms with van der Waals surface area (Å²) < 4.78 is 0. The number of benzene rings is 2. The van der Waals surface area contributed by atoms with Crippen LogP contribution in [0.2, 0.25) is 0 Å². The fraction of sp³-hybridized carbons (Fsp3) is 0.174. The van der Waals surface area contributed by atoms with Gasteiger partial charge in [-0.15, -0.1) is 0 Å². The van der Waals surface area contributed by atoms with Crippen molar-refractivity contribution in [1.82, 2.24) is 25.1 Å². The van der Waals surface area contributed by atoms with Gasteiger partial charge in [0.1, 0.15) is 5.82 Å². The van der Waals surface area contributed by atoms with Gasteiger partial charge in [0.15, 0.2) is 0 Å². The molecule has 0 saturated carbocycles. The van der Waals surface area contributed by atoms with Crippen LogP contribution in [-0.2, 0) is 13.1 Å². The molecule has 0 fully saturated rings. The topological polar surface area (TPSA) is 77.7 Å². The van der Waals surface area contributed by atoms with Crippen LogP contribution in [-0.4, -0.2) is 32.1 Å². The summed E-state index contributed by atoms with van der Waals surface area (Å²) in [6, 6.07) is 21.8. The van der Waals surface area contributed by atoms with Gasteiger partial charge in [0.05, 0.1) is 5.69 Å². The summed E-state index contributed by atoms with van der Waals surface area (Å²) in [6.45, 7) is 3.40. The molecule has 0 aliphatic heterocycles. The second kappa shape index (κ2) is 8.24. The maximum absolute atomic E-state index is 11.7. The largest absolute Gasteiger partial charge is 0.307 e. The van der Waals surface area contributed by atoms with Crippen molar-refractivity contribution >= 4 is 0 Å². The van der Waals surface area contributed by atoms with Crippen LogP contribution in [0.5, 0.6) is 0 Å². The lowest BCUT2D eigenvalue weighted by Crippen LogP contribution is -2.17. The molecule has 2 heterocycles. The van der Waals surface area contributed by atoms with E-state index in [1.807, 2.05) is 37.3 Å². The third-order valence-corrected chi connectivity index (χ3v) is 4.69. The van der Waals surface area contributed by atoms with Crippen molar-refractivity contribution in [2.75, 3.05) is 7.05 Å². The van der Waals surface area contributed by atoms with Crippen LogP contribution in [0.15, 0.2) is 71.5 Å². The molecule has 6 nitrogen and oxygen atoms in total. The van der Waals surface area contributed by atoms with Crippen molar-refractivity contribution in [2.45, 2.75) is 20.0 Å². The zero-order chi connectivity index (χ0) is 20.2. The molecule has 4 rings (SSSR count). The van der Waals surface area contributed by atoms with Crippen LogP contribution >= 0.6 is 0 Å². The maximum atomic E-state index is 11.7. The van der Waals surface area contributed by atoms with E-state index in [-0.39, 0.29) is 5.56 Å². The molecule has 0 bridgehead atoms. The van der Waals surface area contributed by atoms with Crippen LogP contribution in [0.3, 0.4) is 0 Å². The summed E-state index contributed by atoms with van der Waals surface area (Å²) in [7, 11) is 2.08. The first-order valence-corrected chi connectivity index (χ1v) is 9.52. The summed E-state index contributed by atoms with van der Waals surface area (Å²) in [5.41, 5.74) is 5.80. The lowest BCUT2D eigenvalue weighted by molar-refractivity contribution is 0.315. The molecule has 0 amide bonds. The summed E-state index contributed by atoms with van der Waals surface area (Å²) >= 11 is 0. The molecule has 0 saturated heterocycles. The third kappa shape index (κ3) is 4.67. The van der Waals surface area contributed by atoms with Crippen molar-refractivity contribution in [3.05, 3.63) is 94.0 Å². The second-order valence-corrected chi connectivity index (χ2v) is 7.25. The minimum absolute atomic E-state index is 0.134. The van der Waals surface area contributed by atoms with E-state index in [1.54, 1.807) is 0 Å². The van der Waals surface area contributed by atoms with Crippen LogP contribution in [0.1, 0.15) is 17.0 Å². The van der Waals surface area contributed by atoms with E-state index in [0.29, 0.717) is 11.5 Å². The molecule has 2 aromatic heterocycles. The van der Waals surface area contributed by atoms with Gasteiger partial charge in [0.25, 0.3) is 5.56 Å².